The largest absolute Gasteiger partial charge is 0.461 e. The molecular weight excluding hydrogens is 172 g/mol. The van der Waals surface area contributed by atoms with Crippen LogP contribution in [0, 0.1) is 6.92 Å². The van der Waals surface area contributed by atoms with Gasteiger partial charge in [0.25, 0.3) is 5.79 Å². The summed E-state index contributed by atoms with van der Waals surface area (Å²) >= 11 is 0. The van der Waals surface area contributed by atoms with Crippen molar-refractivity contribution < 1.29 is 19.0 Å². The average Bonchev–Trinajstić information content (AvgIpc) is 2.73. The summed E-state index contributed by atoms with van der Waals surface area (Å²) in [4.78, 5) is 0. The molecule has 1 aromatic rings. The first-order valence-electron chi connectivity index (χ1n) is 4.22. The standard InChI is InChI=1S/C9H12O4/c1-7-2-3-8(13-7)9(6-10)11-4-5-12-9/h2-3,10H,4-6H2,1H3. The van der Waals surface area contributed by atoms with E-state index in [9.17, 15) is 0 Å². The molecule has 1 aliphatic heterocycles. The van der Waals surface area contributed by atoms with Crippen LogP contribution in [0.3, 0.4) is 0 Å². The van der Waals surface area contributed by atoms with E-state index in [-0.39, 0.29) is 6.61 Å². The smallest absolute Gasteiger partial charge is 0.252 e. The van der Waals surface area contributed by atoms with E-state index in [1.165, 1.54) is 0 Å². The fourth-order valence-electron chi connectivity index (χ4n) is 1.41. The highest BCUT2D eigenvalue weighted by molar-refractivity contribution is 5.12. The number of aliphatic hydroxyl groups excluding tert-OH is 1. The quantitative estimate of drug-likeness (QED) is 0.738. The highest BCUT2D eigenvalue weighted by Crippen LogP contribution is 2.31. The SMILES string of the molecule is Cc1ccc(C2(CO)OCCO2)o1. The zero-order valence-corrected chi connectivity index (χ0v) is 7.45. The van der Waals surface area contributed by atoms with Crippen LogP contribution in [0.1, 0.15) is 11.5 Å². The molecule has 1 aromatic heterocycles. The number of hydrogen-bond donors (Lipinski definition) is 1. The average molecular weight is 184 g/mol. The molecule has 2 heterocycles. The number of rotatable bonds is 2. The summed E-state index contributed by atoms with van der Waals surface area (Å²) in [6.45, 7) is 2.59. The highest BCUT2D eigenvalue weighted by atomic mass is 16.8. The van der Waals surface area contributed by atoms with Crippen LogP contribution < -0.4 is 0 Å². The van der Waals surface area contributed by atoms with Crippen molar-refractivity contribution in [2.75, 3.05) is 19.8 Å². The number of ether oxygens (including phenoxy) is 2. The van der Waals surface area contributed by atoms with Crippen LogP contribution in [0.4, 0.5) is 0 Å². The lowest BCUT2D eigenvalue weighted by molar-refractivity contribution is -0.202. The summed E-state index contributed by atoms with van der Waals surface area (Å²) < 4.78 is 16.0. The minimum absolute atomic E-state index is 0.222. The monoisotopic (exact) mass is 184 g/mol. The summed E-state index contributed by atoms with van der Waals surface area (Å²) in [5.74, 6) is 0.251. The second-order valence-corrected chi connectivity index (χ2v) is 3.02. The Hall–Kier alpha value is -0.840. The summed E-state index contributed by atoms with van der Waals surface area (Å²) in [6, 6.07) is 3.58. The molecule has 0 radical (unpaired) electrons. The Morgan fingerprint density at radius 1 is 1.38 bits per heavy atom. The molecule has 2 rings (SSSR count). The van der Waals surface area contributed by atoms with Crippen molar-refractivity contribution in [2.45, 2.75) is 12.7 Å². The van der Waals surface area contributed by atoms with Gasteiger partial charge in [0.05, 0.1) is 13.2 Å². The molecule has 0 aliphatic carbocycles. The predicted molar refractivity (Wildman–Crippen MR) is 44.1 cm³/mol. The van der Waals surface area contributed by atoms with Crippen LogP contribution in [0.5, 0.6) is 0 Å². The van der Waals surface area contributed by atoms with Gasteiger partial charge in [-0.05, 0) is 19.1 Å². The van der Waals surface area contributed by atoms with E-state index < -0.39 is 5.79 Å². The molecule has 1 saturated heterocycles. The Kier molecular flexibility index (Phi) is 2.11. The first kappa shape index (κ1) is 8.74. The molecule has 0 bridgehead atoms. The van der Waals surface area contributed by atoms with Gasteiger partial charge in [-0.2, -0.15) is 0 Å². The van der Waals surface area contributed by atoms with Gasteiger partial charge in [0.2, 0.25) is 0 Å². The normalized spacial score (nSPS) is 20.8. The second-order valence-electron chi connectivity index (χ2n) is 3.02. The third-order valence-electron chi connectivity index (χ3n) is 2.08. The van der Waals surface area contributed by atoms with Gasteiger partial charge in [0, 0.05) is 0 Å². The Morgan fingerprint density at radius 2 is 2.08 bits per heavy atom. The van der Waals surface area contributed by atoms with Gasteiger partial charge in [-0.1, -0.05) is 0 Å². The van der Waals surface area contributed by atoms with Crippen LogP contribution in [0.25, 0.3) is 0 Å². The summed E-state index contributed by atoms with van der Waals surface area (Å²) in [7, 11) is 0. The van der Waals surface area contributed by atoms with E-state index in [0.29, 0.717) is 19.0 Å². The molecule has 0 atom stereocenters. The Morgan fingerprint density at radius 3 is 2.54 bits per heavy atom. The molecule has 0 saturated carbocycles. The number of furan rings is 1. The van der Waals surface area contributed by atoms with E-state index in [1.807, 2.05) is 13.0 Å². The maximum atomic E-state index is 9.17. The van der Waals surface area contributed by atoms with Crippen LogP contribution >= 0.6 is 0 Å². The maximum Gasteiger partial charge on any atom is 0.252 e. The Bertz CT molecular complexity index is 286. The van der Waals surface area contributed by atoms with Gasteiger partial charge in [-0.25, -0.2) is 0 Å². The van der Waals surface area contributed by atoms with Crippen molar-refractivity contribution in [3.05, 3.63) is 23.7 Å². The molecule has 13 heavy (non-hydrogen) atoms. The topological polar surface area (TPSA) is 51.8 Å². The minimum Gasteiger partial charge on any atom is -0.461 e. The fourth-order valence-corrected chi connectivity index (χ4v) is 1.41. The lowest BCUT2D eigenvalue weighted by atomic mass is 10.2. The second kappa shape index (κ2) is 3.14. The van der Waals surface area contributed by atoms with E-state index in [4.69, 9.17) is 19.0 Å². The molecule has 1 fully saturated rings. The zero-order valence-electron chi connectivity index (χ0n) is 7.45. The molecule has 1 N–H and O–H groups in total. The molecular formula is C9H12O4. The van der Waals surface area contributed by atoms with Crippen molar-refractivity contribution >= 4 is 0 Å². The van der Waals surface area contributed by atoms with Gasteiger partial charge in [-0.15, -0.1) is 0 Å². The first-order chi connectivity index (χ1) is 6.27. The molecule has 1 aliphatic rings. The van der Waals surface area contributed by atoms with Gasteiger partial charge in [0.15, 0.2) is 5.76 Å². The van der Waals surface area contributed by atoms with Gasteiger partial charge < -0.3 is 19.0 Å². The lowest BCUT2D eigenvalue weighted by Crippen LogP contribution is -2.30. The summed E-state index contributed by atoms with van der Waals surface area (Å²) in [6.07, 6.45) is 0. The van der Waals surface area contributed by atoms with Crippen LogP contribution in [-0.2, 0) is 15.3 Å². The van der Waals surface area contributed by atoms with E-state index in [2.05, 4.69) is 0 Å². The van der Waals surface area contributed by atoms with E-state index in [0.717, 1.165) is 5.76 Å². The number of hydrogen-bond acceptors (Lipinski definition) is 4. The molecule has 4 heteroatoms. The lowest BCUT2D eigenvalue weighted by Gasteiger charge is -2.21. The number of aryl methyl sites for hydroxylation is 1. The molecule has 0 unspecified atom stereocenters. The zero-order chi connectivity index (χ0) is 9.31. The fraction of sp³-hybridized carbons (Fsp3) is 0.556. The van der Waals surface area contributed by atoms with Crippen molar-refractivity contribution in [1.29, 1.82) is 0 Å². The van der Waals surface area contributed by atoms with Crippen LogP contribution in [0.15, 0.2) is 16.5 Å². The minimum atomic E-state index is -1.06. The van der Waals surface area contributed by atoms with Crippen molar-refractivity contribution in [1.82, 2.24) is 0 Å². The third-order valence-corrected chi connectivity index (χ3v) is 2.08. The molecule has 0 spiro atoms. The van der Waals surface area contributed by atoms with Crippen LogP contribution in [0.2, 0.25) is 0 Å². The first-order valence-corrected chi connectivity index (χ1v) is 4.22. The Labute approximate surface area is 76.1 Å². The summed E-state index contributed by atoms with van der Waals surface area (Å²) in [5.41, 5.74) is 0. The number of aliphatic hydroxyl groups is 1. The van der Waals surface area contributed by atoms with Gasteiger partial charge >= 0.3 is 0 Å². The van der Waals surface area contributed by atoms with E-state index >= 15 is 0 Å². The van der Waals surface area contributed by atoms with Crippen molar-refractivity contribution in [3.8, 4) is 0 Å². The van der Waals surface area contributed by atoms with Crippen molar-refractivity contribution in [3.63, 3.8) is 0 Å². The molecule has 0 aromatic carbocycles. The van der Waals surface area contributed by atoms with Gasteiger partial charge in [0.1, 0.15) is 12.4 Å². The van der Waals surface area contributed by atoms with Gasteiger partial charge in [-0.3, -0.25) is 0 Å². The van der Waals surface area contributed by atoms with E-state index in [1.54, 1.807) is 6.07 Å². The molecule has 4 nitrogen and oxygen atoms in total. The highest BCUT2D eigenvalue weighted by Gasteiger charge is 2.41. The third kappa shape index (κ3) is 1.37. The summed E-state index contributed by atoms with van der Waals surface area (Å²) in [5, 5.41) is 9.17. The maximum absolute atomic E-state index is 9.17. The van der Waals surface area contributed by atoms with Crippen LogP contribution in [-0.4, -0.2) is 24.9 Å². The Balaban J connectivity index is 2.30. The predicted octanol–water partition coefficient (Wildman–Crippen LogP) is 0.780. The molecule has 0 amide bonds. The molecule has 72 valence electrons. The van der Waals surface area contributed by atoms with Crippen molar-refractivity contribution in [2.24, 2.45) is 0 Å².